The molecule has 0 spiro atoms. The monoisotopic (exact) mass is 316 g/mol. The van der Waals surface area contributed by atoms with Gasteiger partial charge in [-0.1, -0.05) is 18.9 Å². The van der Waals surface area contributed by atoms with Crippen LogP contribution in [0.3, 0.4) is 0 Å². The second-order valence-corrected chi connectivity index (χ2v) is 6.98. The van der Waals surface area contributed by atoms with Gasteiger partial charge in [-0.25, -0.2) is 13.1 Å². The summed E-state index contributed by atoms with van der Waals surface area (Å²) in [6.07, 6.45) is 3.96. The Balaban J connectivity index is 2.31. The summed E-state index contributed by atoms with van der Waals surface area (Å²) in [5.41, 5.74) is -1.01. The van der Waals surface area contributed by atoms with Crippen molar-refractivity contribution < 1.29 is 17.7 Å². The lowest BCUT2D eigenvalue weighted by Gasteiger charge is -2.20. The van der Waals surface area contributed by atoms with Crippen LogP contribution in [0.2, 0.25) is 0 Å². The first kappa shape index (κ1) is 15.8. The number of benzene rings is 1. The molecule has 0 heterocycles. The van der Waals surface area contributed by atoms with Gasteiger partial charge in [0, 0.05) is 6.04 Å². The largest absolute Gasteiger partial charge is 0.324 e. The van der Waals surface area contributed by atoms with Crippen LogP contribution in [0.15, 0.2) is 23.1 Å². The molecule has 1 aliphatic rings. The number of sulfonamides is 1. The predicted octanol–water partition coefficient (Wildman–Crippen LogP) is 2.59. The van der Waals surface area contributed by atoms with Gasteiger partial charge in [0.2, 0.25) is 15.8 Å². The molecule has 0 aromatic heterocycles. The maximum absolute atomic E-state index is 13.5. The molecule has 0 aliphatic heterocycles. The van der Waals surface area contributed by atoms with Crippen LogP contribution in [0.1, 0.15) is 32.6 Å². The summed E-state index contributed by atoms with van der Waals surface area (Å²) in [5, 5.41) is 10.9. The van der Waals surface area contributed by atoms with Gasteiger partial charge in [0.05, 0.1) is 4.92 Å². The highest BCUT2D eigenvalue weighted by Crippen LogP contribution is 2.30. The van der Waals surface area contributed by atoms with Crippen LogP contribution in [0.5, 0.6) is 0 Å². The van der Waals surface area contributed by atoms with E-state index in [-0.39, 0.29) is 12.0 Å². The highest BCUT2D eigenvalue weighted by Gasteiger charge is 2.32. The van der Waals surface area contributed by atoms with Gasteiger partial charge < -0.3 is 0 Å². The Morgan fingerprint density at radius 1 is 1.38 bits per heavy atom. The second-order valence-electron chi connectivity index (χ2n) is 5.30. The van der Waals surface area contributed by atoms with Crippen molar-refractivity contribution >= 4 is 15.7 Å². The smallest absolute Gasteiger partial charge is 0.258 e. The Morgan fingerprint density at radius 3 is 2.57 bits per heavy atom. The number of nitro benzene ring substituents is 1. The summed E-state index contributed by atoms with van der Waals surface area (Å²) in [4.78, 5) is 9.27. The molecule has 1 fully saturated rings. The van der Waals surface area contributed by atoms with Crippen LogP contribution in [-0.4, -0.2) is 19.4 Å². The molecule has 1 atom stereocenters. The van der Waals surface area contributed by atoms with Crippen LogP contribution in [0.4, 0.5) is 10.1 Å². The van der Waals surface area contributed by atoms with E-state index in [1.54, 1.807) is 6.92 Å². The molecular formula is C13H17FN2O4S. The van der Waals surface area contributed by atoms with Gasteiger partial charge >= 0.3 is 5.69 Å². The zero-order valence-corrected chi connectivity index (χ0v) is 12.4. The number of rotatable bonds is 5. The predicted molar refractivity (Wildman–Crippen MR) is 74.8 cm³/mol. The van der Waals surface area contributed by atoms with Crippen molar-refractivity contribution in [1.29, 1.82) is 0 Å². The summed E-state index contributed by atoms with van der Waals surface area (Å²) in [6, 6.07) is 2.74. The lowest BCUT2D eigenvalue weighted by Crippen LogP contribution is -2.37. The summed E-state index contributed by atoms with van der Waals surface area (Å²) < 4.78 is 40.6. The minimum Gasteiger partial charge on any atom is -0.258 e. The van der Waals surface area contributed by atoms with E-state index in [1.807, 2.05) is 0 Å². The van der Waals surface area contributed by atoms with Crippen molar-refractivity contribution in [2.75, 3.05) is 0 Å². The SMILES string of the molecule is CC(NS(=O)(=O)c1cccc(F)c1[N+](=O)[O-])C1CCCC1. The van der Waals surface area contributed by atoms with Crippen LogP contribution in [0.25, 0.3) is 0 Å². The van der Waals surface area contributed by atoms with Gasteiger partial charge in [-0.3, -0.25) is 10.1 Å². The molecule has 1 aliphatic carbocycles. The van der Waals surface area contributed by atoms with Crippen molar-refractivity contribution in [1.82, 2.24) is 4.72 Å². The van der Waals surface area contributed by atoms with Crippen LogP contribution in [-0.2, 0) is 10.0 Å². The average molecular weight is 316 g/mol. The van der Waals surface area contributed by atoms with E-state index in [4.69, 9.17) is 0 Å². The maximum atomic E-state index is 13.5. The number of nitrogens with one attached hydrogen (secondary N) is 1. The summed E-state index contributed by atoms with van der Waals surface area (Å²) in [7, 11) is -4.13. The van der Waals surface area contributed by atoms with E-state index in [0.29, 0.717) is 0 Å². The Morgan fingerprint density at radius 2 is 2.00 bits per heavy atom. The van der Waals surface area contributed by atoms with Crippen LogP contribution in [0, 0.1) is 21.8 Å². The molecule has 0 amide bonds. The lowest BCUT2D eigenvalue weighted by molar-refractivity contribution is -0.390. The molecule has 21 heavy (non-hydrogen) atoms. The average Bonchev–Trinajstić information content (AvgIpc) is 2.91. The first-order valence-corrected chi connectivity index (χ1v) is 8.26. The second kappa shape index (κ2) is 6.07. The zero-order valence-electron chi connectivity index (χ0n) is 11.6. The van der Waals surface area contributed by atoms with Gasteiger partial charge in [0.1, 0.15) is 0 Å². The Bertz CT molecular complexity index is 642. The van der Waals surface area contributed by atoms with Gasteiger partial charge in [-0.05, 0) is 37.8 Å². The van der Waals surface area contributed by atoms with Crippen molar-refractivity contribution in [2.24, 2.45) is 5.92 Å². The van der Waals surface area contributed by atoms with E-state index in [1.165, 1.54) is 0 Å². The fourth-order valence-electron chi connectivity index (χ4n) is 2.75. The molecule has 1 unspecified atom stereocenters. The maximum Gasteiger partial charge on any atom is 0.324 e. The first-order chi connectivity index (χ1) is 9.83. The van der Waals surface area contributed by atoms with E-state index >= 15 is 0 Å². The quantitative estimate of drug-likeness (QED) is 0.668. The van der Waals surface area contributed by atoms with Crippen LogP contribution >= 0.6 is 0 Å². The zero-order chi connectivity index (χ0) is 15.6. The molecule has 0 radical (unpaired) electrons. The summed E-state index contributed by atoms with van der Waals surface area (Å²) in [5.74, 6) is -0.941. The van der Waals surface area contributed by atoms with E-state index < -0.39 is 31.3 Å². The van der Waals surface area contributed by atoms with Gasteiger partial charge in [-0.15, -0.1) is 0 Å². The van der Waals surface area contributed by atoms with Gasteiger partial charge in [0.15, 0.2) is 4.90 Å². The number of halogens is 1. The number of para-hydroxylation sites is 1. The van der Waals surface area contributed by atoms with E-state index in [0.717, 1.165) is 43.9 Å². The van der Waals surface area contributed by atoms with Crippen molar-refractivity contribution in [3.05, 3.63) is 34.1 Å². The van der Waals surface area contributed by atoms with Crippen molar-refractivity contribution in [2.45, 2.75) is 43.5 Å². The topological polar surface area (TPSA) is 89.3 Å². The molecular weight excluding hydrogens is 299 g/mol. The summed E-state index contributed by atoms with van der Waals surface area (Å²) >= 11 is 0. The fourth-order valence-corrected chi connectivity index (χ4v) is 4.24. The van der Waals surface area contributed by atoms with Gasteiger partial charge in [0.25, 0.3) is 0 Å². The third-order valence-electron chi connectivity index (χ3n) is 3.87. The molecule has 0 bridgehead atoms. The Kier molecular flexibility index (Phi) is 4.58. The first-order valence-electron chi connectivity index (χ1n) is 6.78. The third-order valence-corrected chi connectivity index (χ3v) is 5.46. The molecule has 0 saturated heterocycles. The molecule has 1 saturated carbocycles. The lowest BCUT2D eigenvalue weighted by atomic mass is 10.0. The minimum absolute atomic E-state index is 0.215. The molecule has 6 nitrogen and oxygen atoms in total. The minimum atomic E-state index is -4.13. The number of hydrogen-bond donors (Lipinski definition) is 1. The van der Waals surface area contributed by atoms with E-state index in [2.05, 4.69) is 4.72 Å². The number of nitrogens with zero attached hydrogens (tertiary/aromatic N) is 1. The molecule has 116 valence electrons. The van der Waals surface area contributed by atoms with Crippen LogP contribution < -0.4 is 4.72 Å². The molecule has 1 N–H and O–H groups in total. The highest BCUT2D eigenvalue weighted by molar-refractivity contribution is 7.89. The van der Waals surface area contributed by atoms with E-state index in [9.17, 15) is 22.9 Å². The molecule has 8 heteroatoms. The third kappa shape index (κ3) is 3.38. The Labute approximate surface area is 122 Å². The fraction of sp³-hybridized carbons (Fsp3) is 0.538. The van der Waals surface area contributed by atoms with Crippen molar-refractivity contribution in [3.8, 4) is 0 Å². The van der Waals surface area contributed by atoms with Gasteiger partial charge in [-0.2, -0.15) is 4.39 Å². The number of hydrogen-bond acceptors (Lipinski definition) is 4. The molecule has 1 aromatic carbocycles. The standard InChI is InChI=1S/C13H17FN2O4S/c1-9(10-5-2-3-6-10)15-21(19,20)12-8-4-7-11(14)13(12)16(17)18/h4,7-10,15H,2-3,5-6H2,1H3. The Hall–Kier alpha value is -1.54. The molecule has 1 aromatic rings. The highest BCUT2D eigenvalue weighted by atomic mass is 32.2. The molecule has 2 rings (SSSR count). The summed E-state index contributed by atoms with van der Waals surface area (Å²) in [6.45, 7) is 1.73. The normalized spacial score (nSPS) is 17.8. The van der Waals surface area contributed by atoms with Crippen molar-refractivity contribution in [3.63, 3.8) is 0 Å². The number of nitro groups is 1.